The highest BCUT2D eigenvalue weighted by Crippen LogP contribution is 2.12. The fourth-order valence-corrected chi connectivity index (χ4v) is 0.964. The molecular weight excluding hydrogens is 208 g/mol. The molecule has 1 aromatic carbocycles. The van der Waals surface area contributed by atoms with Crippen LogP contribution in [0.25, 0.3) is 0 Å². The molecule has 0 aliphatic heterocycles. The molecule has 0 aromatic heterocycles. The van der Waals surface area contributed by atoms with Crippen molar-refractivity contribution in [2.45, 2.75) is 26.4 Å². The third kappa shape index (κ3) is 4.08. The molecule has 0 saturated heterocycles. The van der Waals surface area contributed by atoms with Gasteiger partial charge in [0.25, 0.3) is 5.69 Å². The van der Waals surface area contributed by atoms with Gasteiger partial charge in [0.15, 0.2) is 0 Å². The minimum atomic E-state index is -0.443. The van der Waals surface area contributed by atoms with E-state index in [1.54, 1.807) is 12.1 Å². The summed E-state index contributed by atoms with van der Waals surface area (Å²) in [6.45, 7) is 5.62. The first-order chi connectivity index (χ1) is 7.38. The molecule has 0 aliphatic carbocycles. The maximum Gasteiger partial charge on any atom is 0.270 e. The van der Waals surface area contributed by atoms with Gasteiger partial charge in [-0.1, -0.05) is 17.3 Å². The van der Waals surface area contributed by atoms with Crippen LogP contribution in [-0.2, 0) is 4.84 Å². The number of hydrogen-bond acceptors (Lipinski definition) is 4. The Bertz CT molecular complexity index is 408. The van der Waals surface area contributed by atoms with Crippen LogP contribution >= 0.6 is 0 Å². The van der Waals surface area contributed by atoms with Gasteiger partial charge in [0.05, 0.1) is 11.1 Å². The Morgan fingerprint density at radius 1 is 1.44 bits per heavy atom. The zero-order chi connectivity index (χ0) is 12.2. The number of benzene rings is 1. The summed E-state index contributed by atoms with van der Waals surface area (Å²) in [4.78, 5) is 15.2. The SMILES string of the molecule is CC(C)(C)O/N=C/c1cccc([N+](=O)[O-])c1. The first kappa shape index (κ1) is 12.2. The lowest BCUT2D eigenvalue weighted by Gasteiger charge is -2.14. The lowest BCUT2D eigenvalue weighted by Crippen LogP contribution is -2.15. The highest BCUT2D eigenvalue weighted by Gasteiger charge is 2.09. The van der Waals surface area contributed by atoms with Crippen LogP contribution in [0.5, 0.6) is 0 Å². The Morgan fingerprint density at radius 3 is 2.69 bits per heavy atom. The Kier molecular flexibility index (Phi) is 3.60. The zero-order valence-corrected chi connectivity index (χ0v) is 9.51. The van der Waals surface area contributed by atoms with Crippen molar-refractivity contribution in [2.24, 2.45) is 5.16 Å². The average molecular weight is 222 g/mol. The topological polar surface area (TPSA) is 64.7 Å². The number of nitro groups is 1. The summed E-state index contributed by atoms with van der Waals surface area (Å²) in [5.74, 6) is 0. The van der Waals surface area contributed by atoms with E-state index in [2.05, 4.69) is 5.16 Å². The van der Waals surface area contributed by atoms with Crippen molar-refractivity contribution in [3.05, 3.63) is 39.9 Å². The van der Waals surface area contributed by atoms with Crippen LogP contribution < -0.4 is 0 Å². The molecule has 0 spiro atoms. The zero-order valence-electron chi connectivity index (χ0n) is 9.51. The smallest absolute Gasteiger partial charge is 0.270 e. The van der Waals surface area contributed by atoms with Gasteiger partial charge in [0, 0.05) is 17.7 Å². The molecule has 0 atom stereocenters. The number of hydrogen-bond donors (Lipinski definition) is 0. The molecule has 0 unspecified atom stereocenters. The molecule has 0 saturated carbocycles. The van der Waals surface area contributed by atoms with Crippen molar-refractivity contribution in [1.29, 1.82) is 0 Å². The summed E-state index contributed by atoms with van der Waals surface area (Å²) in [6, 6.07) is 6.20. The summed E-state index contributed by atoms with van der Waals surface area (Å²) in [5, 5.41) is 14.3. The van der Waals surface area contributed by atoms with E-state index < -0.39 is 4.92 Å². The number of non-ortho nitro benzene ring substituents is 1. The third-order valence-electron chi connectivity index (χ3n) is 1.61. The van der Waals surface area contributed by atoms with E-state index in [9.17, 15) is 10.1 Å². The van der Waals surface area contributed by atoms with E-state index in [1.165, 1.54) is 18.3 Å². The Labute approximate surface area is 93.9 Å². The molecular formula is C11H14N2O3. The second kappa shape index (κ2) is 4.74. The summed E-state index contributed by atoms with van der Waals surface area (Å²) in [7, 11) is 0. The predicted octanol–water partition coefficient (Wildman–Crippen LogP) is 2.74. The molecule has 1 rings (SSSR count). The lowest BCUT2D eigenvalue weighted by atomic mass is 10.2. The van der Waals surface area contributed by atoms with Crippen LogP contribution in [0.4, 0.5) is 5.69 Å². The van der Waals surface area contributed by atoms with Gasteiger partial charge >= 0.3 is 0 Å². The van der Waals surface area contributed by atoms with E-state index in [-0.39, 0.29) is 11.3 Å². The second-order valence-electron chi connectivity index (χ2n) is 4.29. The van der Waals surface area contributed by atoms with Crippen LogP contribution in [-0.4, -0.2) is 16.7 Å². The van der Waals surface area contributed by atoms with Crippen molar-refractivity contribution in [3.63, 3.8) is 0 Å². The number of rotatable bonds is 3. The van der Waals surface area contributed by atoms with Crippen molar-refractivity contribution < 1.29 is 9.76 Å². The first-order valence-corrected chi connectivity index (χ1v) is 4.84. The Hall–Kier alpha value is -1.91. The van der Waals surface area contributed by atoms with Crippen molar-refractivity contribution in [3.8, 4) is 0 Å². The summed E-state index contributed by atoms with van der Waals surface area (Å²) < 4.78 is 0. The molecule has 5 heteroatoms. The normalized spacial score (nSPS) is 11.7. The second-order valence-corrected chi connectivity index (χ2v) is 4.29. The summed E-state index contributed by atoms with van der Waals surface area (Å²) in [6.07, 6.45) is 1.46. The fourth-order valence-electron chi connectivity index (χ4n) is 0.964. The van der Waals surface area contributed by atoms with Crippen LogP contribution in [0.2, 0.25) is 0 Å². The molecule has 86 valence electrons. The fraction of sp³-hybridized carbons (Fsp3) is 0.364. The van der Waals surface area contributed by atoms with Gasteiger partial charge in [-0.25, -0.2) is 0 Å². The van der Waals surface area contributed by atoms with E-state index in [0.717, 1.165) is 0 Å². The van der Waals surface area contributed by atoms with Crippen LogP contribution in [0, 0.1) is 10.1 Å². The minimum Gasteiger partial charge on any atom is -0.390 e. The van der Waals surface area contributed by atoms with Crippen molar-refractivity contribution in [2.75, 3.05) is 0 Å². The maximum absolute atomic E-state index is 10.5. The number of nitrogens with zero attached hydrogens (tertiary/aromatic N) is 2. The molecule has 0 heterocycles. The largest absolute Gasteiger partial charge is 0.390 e. The average Bonchev–Trinajstić information content (AvgIpc) is 2.16. The van der Waals surface area contributed by atoms with Gasteiger partial charge in [-0.15, -0.1) is 0 Å². The monoisotopic (exact) mass is 222 g/mol. The highest BCUT2D eigenvalue weighted by atomic mass is 16.6. The van der Waals surface area contributed by atoms with Crippen molar-refractivity contribution >= 4 is 11.9 Å². The molecule has 0 amide bonds. The predicted molar refractivity (Wildman–Crippen MR) is 61.5 cm³/mol. The molecule has 1 aromatic rings. The molecule has 0 bridgehead atoms. The molecule has 5 nitrogen and oxygen atoms in total. The Balaban J connectivity index is 2.74. The summed E-state index contributed by atoms with van der Waals surface area (Å²) >= 11 is 0. The van der Waals surface area contributed by atoms with E-state index in [1.807, 2.05) is 20.8 Å². The third-order valence-corrected chi connectivity index (χ3v) is 1.61. The maximum atomic E-state index is 10.5. The van der Waals surface area contributed by atoms with Crippen molar-refractivity contribution in [1.82, 2.24) is 0 Å². The van der Waals surface area contributed by atoms with Gasteiger partial charge < -0.3 is 4.84 Å². The van der Waals surface area contributed by atoms with Crippen LogP contribution in [0.3, 0.4) is 0 Å². The Morgan fingerprint density at radius 2 is 2.12 bits per heavy atom. The van der Waals surface area contributed by atoms with E-state index in [0.29, 0.717) is 5.56 Å². The highest BCUT2D eigenvalue weighted by molar-refractivity contribution is 5.80. The lowest BCUT2D eigenvalue weighted by molar-refractivity contribution is -0.384. The van der Waals surface area contributed by atoms with Gasteiger partial charge in [-0.05, 0) is 20.8 Å². The first-order valence-electron chi connectivity index (χ1n) is 4.84. The van der Waals surface area contributed by atoms with E-state index >= 15 is 0 Å². The summed E-state index contributed by atoms with van der Waals surface area (Å²) in [5.41, 5.74) is 0.315. The van der Waals surface area contributed by atoms with Gasteiger partial charge in [-0.2, -0.15) is 0 Å². The minimum absolute atomic E-state index is 0.0414. The number of nitro benzene ring substituents is 1. The molecule has 0 N–H and O–H groups in total. The van der Waals surface area contributed by atoms with E-state index in [4.69, 9.17) is 4.84 Å². The molecule has 0 fully saturated rings. The van der Waals surface area contributed by atoms with Crippen LogP contribution in [0.1, 0.15) is 26.3 Å². The van der Waals surface area contributed by atoms with Gasteiger partial charge in [0.2, 0.25) is 0 Å². The molecule has 16 heavy (non-hydrogen) atoms. The standard InChI is InChI=1S/C11H14N2O3/c1-11(2,3)16-12-8-9-5-4-6-10(7-9)13(14)15/h4-8H,1-3H3/b12-8+. The van der Waals surface area contributed by atoms with Gasteiger partial charge in [-0.3, -0.25) is 10.1 Å². The molecule has 0 aliphatic rings. The quantitative estimate of drug-likeness (QED) is 0.448. The molecule has 0 radical (unpaired) electrons. The number of oxime groups is 1. The van der Waals surface area contributed by atoms with Crippen LogP contribution in [0.15, 0.2) is 29.4 Å². The van der Waals surface area contributed by atoms with Gasteiger partial charge in [0.1, 0.15) is 5.60 Å².